The molecule has 0 radical (unpaired) electrons. The highest BCUT2D eigenvalue weighted by molar-refractivity contribution is 7.18. The number of imide groups is 1. The van der Waals surface area contributed by atoms with Gasteiger partial charge >= 0.3 is 6.03 Å². The van der Waals surface area contributed by atoms with Crippen LogP contribution in [0.5, 0.6) is 11.5 Å². The molecule has 2 aliphatic rings. The van der Waals surface area contributed by atoms with Gasteiger partial charge < -0.3 is 25.0 Å². The van der Waals surface area contributed by atoms with Crippen LogP contribution in [0.15, 0.2) is 30.3 Å². The maximum Gasteiger partial charge on any atom is 0.319 e. The number of carbonyl (C=O) groups excluding carboxylic acids is 4. The standard InChI is InChI=1S/C28H31N5O6S/c1-5-10-39-20-12-17(38-4)13-21-23(20)31-26(40-21)28(2,3)32-27(37)29-16-6-7-18-15(11-16)14-33(25(18)36)19-8-9-22(34)30-24(19)35/h6-7,11-13,19H,5,8-10,14H2,1-4H3,(H2,29,32,37)(H,30,34,35). The number of urea groups is 1. The molecule has 3 aromatic rings. The van der Waals surface area contributed by atoms with Crippen molar-refractivity contribution in [2.75, 3.05) is 19.0 Å². The van der Waals surface area contributed by atoms with Gasteiger partial charge in [0, 0.05) is 30.3 Å². The monoisotopic (exact) mass is 565 g/mol. The van der Waals surface area contributed by atoms with Crippen molar-refractivity contribution in [3.8, 4) is 11.5 Å². The third kappa shape index (κ3) is 5.31. The summed E-state index contributed by atoms with van der Waals surface area (Å²) in [5.41, 5.74) is 1.59. The highest BCUT2D eigenvalue weighted by Gasteiger charge is 2.39. The van der Waals surface area contributed by atoms with Gasteiger partial charge in [-0.1, -0.05) is 6.92 Å². The quantitative estimate of drug-likeness (QED) is 0.352. The van der Waals surface area contributed by atoms with Crippen molar-refractivity contribution in [3.05, 3.63) is 46.5 Å². The zero-order valence-corrected chi connectivity index (χ0v) is 23.6. The summed E-state index contributed by atoms with van der Waals surface area (Å²) in [4.78, 5) is 56.0. The summed E-state index contributed by atoms with van der Waals surface area (Å²) in [5, 5.41) is 8.82. The van der Waals surface area contributed by atoms with Crippen LogP contribution >= 0.6 is 11.3 Å². The van der Waals surface area contributed by atoms with Gasteiger partial charge in [-0.3, -0.25) is 19.7 Å². The molecule has 5 rings (SSSR count). The second-order valence-corrected chi connectivity index (χ2v) is 11.3. The Morgan fingerprint density at radius 3 is 2.75 bits per heavy atom. The molecule has 1 fully saturated rings. The Morgan fingerprint density at radius 1 is 1.23 bits per heavy atom. The van der Waals surface area contributed by atoms with Crippen molar-refractivity contribution in [3.63, 3.8) is 0 Å². The summed E-state index contributed by atoms with van der Waals surface area (Å²) in [7, 11) is 1.60. The van der Waals surface area contributed by atoms with E-state index in [1.807, 2.05) is 32.9 Å². The minimum absolute atomic E-state index is 0.189. The Bertz CT molecular complexity index is 1520. The SMILES string of the molecule is CCCOc1cc(OC)cc2sc(C(C)(C)NC(=O)Nc3ccc4c(c3)CN(C3CCC(=O)NC3=O)C4=O)nc12. The van der Waals surface area contributed by atoms with Crippen molar-refractivity contribution < 1.29 is 28.7 Å². The molecule has 3 heterocycles. The molecule has 40 heavy (non-hydrogen) atoms. The number of piperidine rings is 1. The summed E-state index contributed by atoms with van der Waals surface area (Å²) in [6.45, 7) is 6.54. The van der Waals surface area contributed by atoms with Gasteiger partial charge in [0.25, 0.3) is 5.91 Å². The van der Waals surface area contributed by atoms with Crippen LogP contribution in [-0.4, -0.2) is 53.4 Å². The van der Waals surface area contributed by atoms with Crippen molar-refractivity contribution >= 4 is 51.0 Å². The number of fused-ring (bicyclic) bond motifs is 2. The molecule has 11 nitrogen and oxygen atoms in total. The fourth-order valence-corrected chi connectivity index (χ4v) is 5.90. The van der Waals surface area contributed by atoms with Crippen LogP contribution in [-0.2, 0) is 21.7 Å². The maximum absolute atomic E-state index is 13.0. The van der Waals surface area contributed by atoms with Crippen LogP contribution in [0.25, 0.3) is 10.2 Å². The first-order valence-electron chi connectivity index (χ1n) is 13.1. The Labute approximate surface area is 235 Å². The molecule has 3 N–H and O–H groups in total. The van der Waals surface area contributed by atoms with E-state index in [2.05, 4.69) is 16.0 Å². The van der Waals surface area contributed by atoms with E-state index in [9.17, 15) is 19.2 Å². The second kappa shape index (κ2) is 10.8. The fraction of sp³-hybridized carbons (Fsp3) is 0.393. The Balaban J connectivity index is 1.29. The third-order valence-corrected chi connectivity index (χ3v) is 8.20. The highest BCUT2D eigenvalue weighted by Crippen LogP contribution is 2.38. The van der Waals surface area contributed by atoms with Crippen LogP contribution < -0.4 is 25.4 Å². The minimum Gasteiger partial charge on any atom is -0.497 e. The summed E-state index contributed by atoms with van der Waals surface area (Å²) in [5.74, 6) is 0.245. The summed E-state index contributed by atoms with van der Waals surface area (Å²) in [6.07, 6.45) is 1.33. The predicted octanol–water partition coefficient (Wildman–Crippen LogP) is 3.91. The molecule has 0 bridgehead atoms. The van der Waals surface area contributed by atoms with Crippen LogP contribution in [0.4, 0.5) is 10.5 Å². The number of nitrogens with one attached hydrogen (secondary N) is 3. The summed E-state index contributed by atoms with van der Waals surface area (Å²) < 4.78 is 12.2. The number of aromatic nitrogens is 1. The van der Waals surface area contributed by atoms with E-state index in [4.69, 9.17) is 14.5 Å². The molecule has 0 spiro atoms. The highest BCUT2D eigenvalue weighted by atomic mass is 32.1. The van der Waals surface area contributed by atoms with Gasteiger partial charge in [0.15, 0.2) is 0 Å². The van der Waals surface area contributed by atoms with E-state index in [-0.39, 0.29) is 31.2 Å². The topological polar surface area (TPSA) is 139 Å². The molecule has 0 aliphatic carbocycles. The van der Waals surface area contributed by atoms with E-state index >= 15 is 0 Å². The number of carbonyl (C=O) groups is 4. The van der Waals surface area contributed by atoms with Crippen LogP contribution in [0, 0.1) is 0 Å². The molecule has 210 valence electrons. The van der Waals surface area contributed by atoms with Crippen molar-refractivity contribution in [2.24, 2.45) is 0 Å². The largest absolute Gasteiger partial charge is 0.497 e. The van der Waals surface area contributed by atoms with Crippen molar-refractivity contribution in [2.45, 2.75) is 58.2 Å². The number of benzene rings is 2. The van der Waals surface area contributed by atoms with E-state index in [0.29, 0.717) is 45.4 Å². The van der Waals surface area contributed by atoms with Crippen molar-refractivity contribution in [1.29, 1.82) is 0 Å². The lowest BCUT2D eigenvalue weighted by atomic mass is 10.0. The zero-order chi connectivity index (χ0) is 28.6. The first kappa shape index (κ1) is 27.4. The van der Waals surface area contributed by atoms with Gasteiger partial charge in [-0.05, 0) is 56.5 Å². The number of methoxy groups -OCH3 is 1. The summed E-state index contributed by atoms with van der Waals surface area (Å²) in [6, 6.07) is 7.61. The van der Waals surface area contributed by atoms with Gasteiger partial charge in [-0.15, -0.1) is 11.3 Å². The maximum atomic E-state index is 13.0. The number of ether oxygens (including phenoxy) is 2. The third-order valence-electron chi connectivity index (χ3n) is 6.87. The Kier molecular flexibility index (Phi) is 7.37. The molecule has 2 aliphatic heterocycles. The number of amides is 5. The average Bonchev–Trinajstić information content (AvgIpc) is 3.48. The van der Waals surface area contributed by atoms with E-state index < -0.39 is 23.5 Å². The van der Waals surface area contributed by atoms with Crippen LogP contribution in [0.1, 0.15) is 61.0 Å². The van der Waals surface area contributed by atoms with Gasteiger partial charge in [0.2, 0.25) is 11.8 Å². The molecular weight excluding hydrogens is 534 g/mol. The zero-order valence-electron chi connectivity index (χ0n) is 22.8. The lowest BCUT2D eigenvalue weighted by Crippen LogP contribution is -2.52. The van der Waals surface area contributed by atoms with E-state index in [1.54, 1.807) is 25.3 Å². The molecule has 1 unspecified atom stereocenters. The molecule has 1 aromatic heterocycles. The number of anilines is 1. The fourth-order valence-electron chi connectivity index (χ4n) is 4.83. The number of thiazole rings is 1. The first-order valence-corrected chi connectivity index (χ1v) is 13.9. The van der Waals surface area contributed by atoms with Crippen molar-refractivity contribution in [1.82, 2.24) is 20.5 Å². The average molecular weight is 566 g/mol. The first-order chi connectivity index (χ1) is 19.1. The van der Waals surface area contributed by atoms with Crippen LogP contribution in [0.2, 0.25) is 0 Å². The Morgan fingerprint density at radius 2 is 2.02 bits per heavy atom. The predicted molar refractivity (Wildman–Crippen MR) is 150 cm³/mol. The molecular formula is C28H31N5O6S. The second-order valence-electron chi connectivity index (χ2n) is 10.3. The molecule has 0 saturated carbocycles. The lowest BCUT2D eigenvalue weighted by Gasteiger charge is -2.29. The molecule has 12 heteroatoms. The van der Waals surface area contributed by atoms with Crippen LogP contribution in [0.3, 0.4) is 0 Å². The lowest BCUT2D eigenvalue weighted by molar-refractivity contribution is -0.136. The number of hydrogen-bond acceptors (Lipinski definition) is 8. The summed E-state index contributed by atoms with van der Waals surface area (Å²) >= 11 is 1.45. The van der Waals surface area contributed by atoms with Gasteiger partial charge in [0.1, 0.15) is 28.1 Å². The van der Waals surface area contributed by atoms with Gasteiger partial charge in [-0.25, -0.2) is 9.78 Å². The smallest absolute Gasteiger partial charge is 0.319 e. The van der Waals surface area contributed by atoms with Gasteiger partial charge in [-0.2, -0.15) is 0 Å². The molecule has 5 amide bonds. The molecule has 1 atom stereocenters. The molecule has 1 saturated heterocycles. The number of hydrogen-bond donors (Lipinski definition) is 3. The van der Waals surface area contributed by atoms with E-state index in [1.165, 1.54) is 16.2 Å². The van der Waals surface area contributed by atoms with E-state index in [0.717, 1.165) is 11.1 Å². The number of nitrogens with zero attached hydrogens (tertiary/aromatic N) is 2. The number of rotatable bonds is 8. The normalized spacial score (nSPS) is 17.1. The molecule has 2 aromatic carbocycles. The van der Waals surface area contributed by atoms with Gasteiger partial charge in [0.05, 0.1) is 24.0 Å². The minimum atomic E-state index is -0.807. The Hall–Kier alpha value is -4.19.